The van der Waals surface area contributed by atoms with E-state index in [0.29, 0.717) is 23.7 Å². The average molecular weight is 283 g/mol. The van der Waals surface area contributed by atoms with Crippen LogP contribution in [0.15, 0.2) is 42.5 Å². The minimum atomic E-state index is -0.524. The molecule has 0 bridgehead atoms. The number of rotatable bonds is 5. The van der Waals surface area contributed by atoms with Crippen LogP contribution in [0.5, 0.6) is 11.5 Å². The van der Waals surface area contributed by atoms with Gasteiger partial charge in [0.25, 0.3) is 0 Å². The van der Waals surface area contributed by atoms with E-state index in [0.717, 1.165) is 11.1 Å². The van der Waals surface area contributed by atoms with Crippen LogP contribution < -0.4 is 9.47 Å². The second-order valence-electron chi connectivity index (χ2n) is 4.68. The van der Waals surface area contributed by atoms with E-state index < -0.39 is 6.10 Å². The van der Waals surface area contributed by atoms with Gasteiger partial charge in [-0.25, -0.2) is 0 Å². The average Bonchev–Trinajstić information content (AvgIpc) is 2.52. The molecule has 1 atom stereocenters. The molecule has 0 aliphatic heterocycles. The topological polar surface area (TPSA) is 62.5 Å². The summed E-state index contributed by atoms with van der Waals surface area (Å²) in [7, 11) is 1.53. The SMILES string of the molecule is COc1cc(COc2cccc([C@H](C)O)c2)ccc1C#N. The molecule has 0 heterocycles. The molecule has 0 saturated heterocycles. The molecule has 2 aromatic carbocycles. The van der Waals surface area contributed by atoms with Crippen molar-refractivity contribution in [2.75, 3.05) is 7.11 Å². The van der Waals surface area contributed by atoms with Crippen molar-refractivity contribution in [3.05, 3.63) is 59.2 Å². The number of nitriles is 1. The van der Waals surface area contributed by atoms with Gasteiger partial charge in [0, 0.05) is 0 Å². The molecule has 1 N–H and O–H groups in total. The van der Waals surface area contributed by atoms with Crippen LogP contribution in [0.4, 0.5) is 0 Å². The standard InChI is InChI=1S/C17H17NO3/c1-12(19)14-4-3-5-16(9-14)21-11-13-6-7-15(10-18)17(8-13)20-2/h3-9,12,19H,11H2,1-2H3/t12-/m0/s1. The van der Waals surface area contributed by atoms with Gasteiger partial charge in [-0.2, -0.15) is 5.26 Å². The molecule has 2 rings (SSSR count). The third-order valence-corrected chi connectivity index (χ3v) is 3.13. The summed E-state index contributed by atoms with van der Waals surface area (Å²) in [6, 6.07) is 14.8. The molecule has 4 nitrogen and oxygen atoms in total. The number of nitrogens with zero attached hydrogens (tertiary/aromatic N) is 1. The summed E-state index contributed by atoms with van der Waals surface area (Å²) in [5.74, 6) is 1.23. The molecule has 108 valence electrons. The van der Waals surface area contributed by atoms with E-state index in [1.54, 1.807) is 19.1 Å². The molecule has 0 saturated carbocycles. The fraction of sp³-hybridized carbons (Fsp3) is 0.235. The highest BCUT2D eigenvalue weighted by molar-refractivity contribution is 5.45. The zero-order chi connectivity index (χ0) is 15.2. The molecule has 0 unspecified atom stereocenters. The van der Waals surface area contributed by atoms with Gasteiger partial charge in [-0.3, -0.25) is 0 Å². The van der Waals surface area contributed by atoms with Gasteiger partial charge in [0.1, 0.15) is 24.2 Å². The van der Waals surface area contributed by atoms with E-state index in [9.17, 15) is 5.11 Å². The van der Waals surface area contributed by atoms with Gasteiger partial charge in [-0.1, -0.05) is 18.2 Å². The molecule has 0 spiro atoms. The lowest BCUT2D eigenvalue weighted by Gasteiger charge is -2.10. The smallest absolute Gasteiger partial charge is 0.137 e. The van der Waals surface area contributed by atoms with Crippen molar-refractivity contribution in [3.63, 3.8) is 0 Å². The Kier molecular flexibility index (Phi) is 4.81. The van der Waals surface area contributed by atoms with Gasteiger partial charge >= 0.3 is 0 Å². The Morgan fingerprint density at radius 1 is 1.24 bits per heavy atom. The molecule has 0 aliphatic rings. The lowest BCUT2D eigenvalue weighted by Crippen LogP contribution is -1.98. The van der Waals surface area contributed by atoms with E-state index in [2.05, 4.69) is 6.07 Å². The minimum absolute atomic E-state index is 0.366. The van der Waals surface area contributed by atoms with Gasteiger partial charge in [-0.05, 0) is 42.3 Å². The number of aliphatic hydroxyl groups excluding tert-OH is 1. The first kappa shape index (κ1) is 14.9. The van der Waals surface area contributed by atoms with Gasteiger partial charge in [0.05, 0.1) is 18.8 Å². The van der Waals surface area contributed by atoms with E-state index in [4.69, 9.17) is 14.7 Å². The molecule has 0 amide bonds. The van der Waals surface area contributed by atoms with Crippen LogP contribution in [0.1, 0.15) is 29.7 Å². The zero-order valence-corrected chi connectivity index (χ0v) is 12.0. The highest BCUT2D eigenvalue weighted by Gasteiger charge is 2.06. The van der Waals surface area contributed by atoms with Gasteiger partial charge in [0.15, 0.2) is 0 Å². The van der Waals surface area contributed by atoms with Crippen LogP contribution in [-0.2, 0) is 6.61 Å². The van der Waals surface area contributed by atoms with E-state index in [-0.39, 0.29) is 0 Å². The maximum atomic E-state index is 9.56. The molecule has 2 aromatic rings. The fourth-order valence-electron chi connectivity index (χ4n) is 1.95. The van der Waals surface area contributed by atoms with Crippen LogP contribution in [0.2, 0.25) is 0 Å². The van der Waals surface area contributed by atoms with E-state index >= 15 is 0 Å². The van der Waals surface area contributed by atoms with Crippen molar-refractivity contribution in [2.45, 2.75) is 19.6 Å². The Labute approximate surface area is 124 Å². The predicted octanol–water partition coefficient (Wildman–Crippen LogP) is 3.20. The molecule has 4 heteroatoms. The van der Waals surface area contributed by atoms with E-state index in [1.165, 1.54) is 7.11 Å². The summed E-state index contributed by atoms with van der Waals surface area (Å²) in [6.07, 6.45) is -0.524. The first-order chi connectivity index (χ1) is 10.1. The Balaban J connectivity index is 2.10. The van der Waals surface area contributed by atoms with Crippen molar-refractivity contribution in [2.24, 2.45) is 0 Å². The molecule has 0 aromatic heterocycles. The van der Waals surface area contributed by atoms with Gasteiger partial charge < -0.3 is 14.6 Å². The largest absolute Gasteiger partial charge is 0.495 e. The summed E-state index contributed by atoms with van der Waals surface area (Å²) >= 11 is 0. The maximum Gasteiger partial charge on any atom is 0.137 e. The third kappa shape index (κ3) is 3.74. The van der Waals surface area contributed by atoms with Crippen molar-refractivity contribution in [3.8, 4) is 17.6 Å². The normalized spacial score (nSPS) is 11.5. The maximum absolute atomic E-state index is 9.56. The van der Waals surface area contributed by atoms with Crippen molar-refractivity contribution in [1.82, 2.24) is 0 Å². The lowest BCUT2D eigenvalue weighted by atomic mass is 10.1. The fourth-order valence-corrected chi connectivity index (χ4v) is 1.95. The number of hydrogen-bond acceptors (Lipinski definition) is 4. The van der Waals surface area contributed by atoms with Crippen molar-refractivity contribution in [1.29, 1.82) is 5.26 Å². The summed E-state index contributed by atoms with van der Waals surface area (Å²) in [5, 5.41) is 18.5. The van der Waals surface area contributed by atoms with Crippen LogP contribution in [0.25, 0.3) is 0 Å². The van der Waals surface area contributed by atoms with Crippen molar-refractivity contribution < 1.29 is 14.6 Å². The molecule has 21 heavy (non-hydrogen) atoms. The molecular formula is C17H17NO3. The second kappa shape index (κ2) is 6.78. The quantitative estimate of drug-likeness (QED) is 0.915. The Morgan fingerprint density at radius 3 is 2.71 bits per heavy atom. The van der Waals surface area contributed by atoms with Crippen LogP contribution in [0, 0.1) is 11.3 Å². The lowest BCUT2D eigenvalue weighted by molar-refractivity contribution is 0.198. The highest BCUT2D eigenvalue weighted by atomic mass is 16.5. The number of aliphatic hydroxyl groups is 1. The van der Waals surface area contributed by atoms with Gasteiger partial charge in [0.2, 0.25) is 0 Å². The Bertz CT molecular complexity index is 659. The van der Waals surface area contributed by atoms with Crippen LogP contribution in [-0.4, -0.2) is 12.2 Å². The first-order valence-electron chi connectivity index (χ1n) is 6.62. The van der Waals surface area contributed by atoms with E-state index in [1.807, 2.05) is 30.3 Å². The summed E-state index contributed by atoms with van der Waals surface area (Å²) in [5.41, 5.74) is 2.22. The summed E-state index contributed by atoms with van der Waals surface area (Å²) < 4.78 is 10.9. The highest BCUT2D eigenvalue weighted by Crippen LogP contribution is 2.22. The second-order valence-corrected chi connectivity index (χ2v) is 4.68. The third-order valence-electron chi connectivity index (χ3n) is 3.13. The first-order valence-corrected chi connectivity index (χ1v) is 6.62. The van der Waals surface area contributed by atoms with Gasteiger partial charge in [-0.15, -0.1) is 0 Å². The summed E-state index contributed by atoms with van der Waals surface area (Å²) in [4.78, 5) is 0. The van der Waals surface area contributed by atoms with Crippen molar-refractivity contribution >= 4 is 0 Å². The molecule has 0 aliphatic carbocycles. The number of hydrogen-bond donors (Lipinski definition) is 1. The van der Waals surface area contributed by atoms with Crippen LogP contribution in [0.3, 0.4) is 0 Å². The molecular weight excluding hydrogens is 266 g/mol. The monoisotopic (exact) mass is 283 g/mol. The number of benzene rings is 2. The Morgan fingerprint density at radius 2 is 2.05 bits per heavy atom. The molecule has 0 radical (unpaired) electrons. The van der Waals surface area contributed by atoms with Crippen LogP contribution >= 0.6 is 0 Å². The molecule has 0 fully saturated rings. The number of methoxy groups -OCH3 is 1. The minimum Gasteiger partial charge on any atom is -0.495 e. The predicted molar refractivity (Wildman–Crippen MR) is 79.1 cm³/mol. The summed E-state index contributed by atoms with van der Waals surface area (Å²) in [6.45, 7) is 2.08. The Hall–Kier alpha value is -2.51. The zero-order valence-electron chi connectivity index (χ0n) is 12.0. The number of ether oxygens (including phenoxy) is 2.